The molecule has 0 aromatic heterocycles. The van der Waals surface area contributed by atoms with Crippen molar-refractivity contribution in [3.05, 3.63) is 28.8 Å². The van der Waals surface area contributed by atoms with E-state index in [9.17, 15) is 0 Å². The number of para-hydroxylation sites is 1. The molecular formula is C14H19ClN2. The van der Waals surface area contributed by atoms with Crippen molar-refractivity contribution < 1.29 is 0 Å². The molecule has 0 radical (unpaired) electrons. The maximum Gasteiger partial charge on any atom is 0.0642 e. The van der Waals surface area contributed by atoms with Gasteiger partial charge in [0.1, 0.15) is 0 Å². The third-order valence-electron chi connectivity index (χ3n) is 4.04. The van der Waals surface area contributed by atoms with Crippen molar-refractivity contribution in [3.63, 3.8) is 0 Å². The van der Waals surface area contributed by atoms with Crippen LogP contribution in [0.3, 0.4) is 0 Å². The Balaban J connectivity index is 1.92. The van der Waals surface area contributed by atoms with Crippen LogP contribution in [0.25, 0.3) is 0 Å². The van der Waals surface area contributed by atoms with Crippen LogP contribution in [0.1, 0.15) is 18.9 Å². The van der Waals surface area contributed by atoms with E-state index >= 15 is 0 Å². The number of hydrogen-bond donors (Lipinski definition) is 0. The number of anilines is 1. The summed E-state index contributed by atoms with van der Waals surface area (Å²) in [4.78, 5) is 5.10. The molecule has 3 heteroatoms. The first-order valence-electron chi connectivity index (χ1n) is 6.56. The van der Waals surface area contributed by atoms with E-state index in [1.807, 2.05) is 6.07 Å². The molecule has 0 saturated carbocycles. The molecule has 0 amide bonds. The monoisotopic (exact) mass is 250 g/mol. The Hall–Kier alpha value is -0.730. The van der Waals surface area contributed by atoms with Crippen LogP contribution in [0.4, 0.5) is 5.69 Å². The summed E-state index contributed by atoms with van der Waals surface area (Å²) in [5.74, 6) is 0. The van der Waals surface area contributed by atoms with E-state index < -0.39 is 0 Å². The van der Waals surface area contributed by atoms with Gasteiger partial charge in [0.25, 0.3) is 0 Å². The van der Waals surface area contributed by atoms with Gasteiger partial charge in [-0.25, -0.2) is 0 Å². The van der Waals surface area contributed by atoms with E-state index in [2.05, 4.69) is 28.9 Å². The van der Waals surface area contributed by atoms with Gasteiger partial charge < -0.3 is 9.80 Å². The highest BCUT2D eigenvalue weighted by Crippen LogP contribution is 2.39. The molecule has 1 aromatic carbocycles. The predicted octanol–water partition coefficient (Wildman–Crippen LogP) is 2.80. The number of nitrogens with zero attached hydrogens (tertiary/aromatic N) is 2. The molecule has 1 aromatic rings. The first-order valence-corrected chi connectivity index (χ1v) is 6.93. The van der Waals surface area contributed by atoms with Crippen molar-refractivity contribution in [1.82, 2.24) is 4.90 Å². The van der Waals surface area contributed by atoms with Crippen molar-refractivity contribution in [2.75, 3.05) is 31.1 Å². The number of halogens is 1. The summed E-state index contributed by atoms with van der Waals surface area (Å²) in [6.07, 6.45) is 2.40. The van der Waals surface area contributed by atoms with Crippen LogP contribution in [0.5, 0.6) is 0 Å². The Morgan fingerprint density at radius 2 is 2.24 bits per heavy atom. The smallest absolute Gasteiger partial charge is 0.0642 e. The maximum absolute atomic E-state index is 6.36. The molecule has 0 spiro atoms. The second-order valence-corrected chi connectivity index (χ2v) is 5.45. The van der Waals surface area contributed by atoms with Crippen LogP contribution in [-0.2, 0) is 6.42 Å². The molecule has 2 nitrogen and oxygen atoms in total. The molecule has 2 aliphatic heterocycles. The van der Waals surface area contributed by atoms with Crippen molar-refractivity contribution in [1.29, 1.82) is 0 Å². The SMILES string of the molecule is CCN1CCCN2c3c(Cl)cccc3CC2C1. The van der Waals surface area contributed by atoms with Crippen LogP contribution in [0.15, 0.2) is 18.2 Å². The average Bonchev–Trinajstić information content (AvgIpc) is 2.55. The number of hydrogen-bond acceptors (Lipinski definition) is 2. The summed E-state index contributed by atoms with van der Waals surface area (Å²) in [6, 6.07) is 6.95. The minimum Gasteiger partial charge on any atom is -0.365 e. The summed E-state index contributed by atoms with van der Waals surface area (Å²) in [5, 5.41) is 0.926. The first kappa shape index (κ1) is 11.4. The summed E-state index contributed by atoms with van der Waals surface area (Å²) < 4.78 is 0. The summed E-state index contributed by atoms with van der Waals surface area (Å²) in [7, 11) is 0. The Labute approximate surface area is 108 Å². The minimum absolute atomic E-state index is 0.632. The number of fused-ring (bicyclic) bond motifs is 3. The maximum atomic E-state index is 6.36. The lowest BCUT2D eigenvalue weighted by atomic mass is 10.1. The van der Waals surface area contributed by atoms with Gasteiger partial charge in [0.15, 0.2) is 0 Å². The Bertz CT molecular complexity index is 419. The lowest BCUT2D eigenvalue weighted by Crippen LogP contribution is -2.38. The van der Waals surface area contributed by atoms with E-state index in [1.165, 1.54) is 30.8 Å². The van der Waals surface area contributed by atoms with Gasteiger partial charge in [0.2, 0.25) is 0 Å². The lowest BCUT2D eigenvalue weighted by molar-refractivity contribution is 0.288. The van der Waals surface area contributed by atoms with Gasteiger partial charge in [-0.15, -0.1) is 0 Å². The zero-order chi connectivity index (χ0) is 11.8. The van der Waals surface area contributed by atoms with Crippen LogP contribution in [-0.4, -0.2) is 37.1 Å². The van der Waals surface area contributed by atoms with Gasteiger partial charge in [-0.2, -0.15) is 0 Å². The molecule has 17 heavy (non-hydrogen) atoms. The van der Waals surface area contributed by atoms with Gasteiger partial charge >= 0.3 is 0 Å². The predicted molar refractivity (Wildman–Crippen MR) is 73.0 cm³/mol. The molecule has 0 aliphatic carbocycles. The van der Waals surface area contributed by atoms with E-state index in [4.69, 9.17) is 11.6 Å². The quantitative estimate of drug-likeness (QED) is 0.756. The second-order valence-electron chi connectivity index (χ2n) is 5.05. The first-order chi connectivity index (χ1) is 8.29. The molecule has 1 unspecified atom stereocenters. The zero-order valence-corrected chi connectivity index (χ0v) is 11.1. The van der Waals surface area contributed by atoms with Crippen LogP contribution in [0, 0.1) is 0 Å². The van der Waals surface area contributed by atoms with E-state index in [-0.39, 0.29) is 0 Å². The average molecular weight is 251 g/mol. The fourth-order valence-corrected chi connectivity index (χ4v) is 3.49. The van der Waals surface area contributed by atoms with Gasteiger partial charge in [-0.3, -0.25) is 0 Å². The third kappa shape index (κ3) is 1.94. The Morgan fingerprint density at radius 3 is 3.06 bits per heavy atom. The fourth-order valence-electron chi connectivity index (χ4n) is 3.19. The summed E-state index contributed by atoms with van der Waals surface area (Å²) >= 11 is 6.36. The Morgan fingerprint density at radius 1 is 1.35 bits per heavy atom. The molecule has 0 bridgehead atoms. The number of benzene rings is 1. The van der Waals surface area contributed by atoms with Crippen LogP contribution < -0.4 is 4.90 Å². The van der Waals surface area contributed by atoms with E-state index in [0.717, 1.165) is 24.5 Å². The molecule has 3 rings (SSSR count). The largest absolute Gasteiger partial charge is 0.365 e. The van der Waals surface area contributed by atoms with Crippen LogP contribution >= 0.6 is 11.6 Å². The minimum atomic E-state index is 0.632. The molecule has 1 fully saturated rings. The van der Waals surface area contributed by atoms with Crippen molar-refractivity contribution >= 4 is 17.3 Å². The molecule has 2 heterocycles. The van der Waals surface area contributed by atoms with Crippen molar-refractivity contribution in [2.45, 2.75) is 25.8 Å². The van der Waals surface area contributed by atoms with Gasteiger partial charge in [0, 0.05) is 19.1 Å². The standard InChI is InChI=1S/C14H19ClN2/c1-2-16-7-4-8-17-12(10-16)9-11-5-3-6-13(15)14(11)17/h3,5-6,12H,2,4,7-10H2,1H3. The highest BCUT2D eigenvalue weighted by atomic mass is 35.5. The third-order valence-corrected chi connectivity index (χ3v) is 4.35. The Kier molecular flexibility index (Phi) is 3.01. The highest BCUT2D eigenvalue weighted by molar-refractivity contribution is 6.33. The summed E-state index contributed by atoms with van der Waals surface area (Å²) in [5.41, 5.74) is 2.73. The fraction of sp³-hybridized carbons (Fsp3) is 0.571. The normalized spacial score (nSPS) is 24.4. The topological polar surface area (TPSA) is 6.48 Å². The molecule has 1 saturated heterocycles. The van der Waals surface area contributed by atoms with E-state index in [1.54, 1.807) is 0 Å². The number of rotatable bonds is 1. The van der Waals surface area contributed by atoms with E-state index in [0.29, 0.717) is 6.04 Å². The zero-order valence-electron chi connectivity index (χ0n) is 10.3. The van der Waals surface area contributed by atoms with Gasteiger partial charge in [-0.05, 0) is 37.6 Å². The number of likely N-dealkylation sites (N-methyl/N-ethyl adjacent to an activating group) is 1. The molecule has 2 aliphatic rings. The van der Waals surface area contributed by atoms with Gasteiger partial charge in [0.05, 0.1) is 10.7 Å². The molecule has 1 atom stereocenters. The lowest BCUT2D eigenvalue weighted by Gasteiger charge is -2.27. The van der Waals surface area contributed by atoms with Crippen LogP contribution in [0.2, 0.25) is 5.02 Å². The molecule has 92 valence electrons. The highest BCUT2D eigenvalue weighted by Gasteiger charge is 2.33. The second kappa shape index (κ2) is 4.51. The van der Waals surface area contributed by atoms with Crippen molar-refractivity contribution in [2.24, 2.45) is 0 Å². The summed E-state index contributed by atoms with van der Waals surface area (Å²) in [6.45, 7) is 6.97. The molecule has 0 N–H and O–H groups in total. The van der Waals surface area contributed by atoms with Gasteiger partial charge in [-0.1, -0.05) is 30.7 Å². The van der Waals surface area contributed by atoms with Crippen molar-refractivity contribution in [3.8, 4) is 0 Å². The molecular weight excluding hydrogens is 232 g/mol.